The number of carbonyl (C=O) groups is 1. The molecule has 0 aromatic heterocycles. The van der Waals surface area contributed by atoms with Crippen molar-refractivity contribution in [3.05, 3.63) is 65.0 Å². The van der Waals surface area contributed by atoms with Gasteiger partial charge in [-0.05, 0) is 42.3 Å². The molecule has 3 rings (SSSR count). The van der Waals surface area contributed by atoms with Gasteiger partial charge < -0.3 is 15.2 Å². The van der Waals surface area contributed by atoms with Gasteiger partial charge in [-0.3, -0.25) is 9.69 Å². The molecule has 0 saturated carbocycles. The predicted molar refractivity (Wildman–Crippen MR) is 96.7 cm³/mol. The van der Waals surface area contributed by atoms with Gasteiger partial charge in [0.15, 0.2) is 0 Å². The molecule has 5 nitrogen and oxygen atoms in total. The molecule has 1 aliphatic rings. The molecule has 1 unspecified atom stereocenters. The van der Waals surface area contributed by atoms with Crippen LogP contribution in [0.4, 0.5) is 4.39 Å². The molecule has 0 aliphatic carbocycles. The van der Waals surface area contributed by atoms with Crippen LogP contribution in [0.15, 0.2) is 42.5 Å². The summed E-state index contributed by atoms with van der Waals surface area (Å²) in [6.45, 7) is 4.96. The number of aryl methyl sites for hydroxylation is 1. The molecule has 2 N–H and O–H groups in total. The zero-order valence-corrected chi connectivity index (χ0v) is 14.7. The van der Waals surface area contributed by atoms with Crippen molar-refractivity contribution in [2.75, 3.05) is 32.8 Å². The third-order valence-corrected chi connectivity index (χ3v) is 4.60. The molecule has 1 fully saturated rings. The Kier molecular flexibility index (Phi) is 5.85. The number of benzene rings is 2. The second-order valence-electron chi connectivity index (χ2n) is 6.45. The molecule has 0 radical (unpaired) electrons. The molecule has 0 bridgehead atoms. The van der Waals surface area contributed by atoms with Gasteiger partial charge in [-0.15, -0.1) is 0 Å². The lowest BCUT2D eigenvalue weighted by molar-refractivity contribution is 0.0162. The minimum Gasteiger partial charge on any atom is -0.507 e. The molecule has 1 atom stereocenters. The Bertz CT molecular complexity index is 758. The first-order valence-electron chi connectivity index (χ1n) is 8.69. The summed E-state index contributed by atoms with van der Waals surface area (Å²) in [5, 5.41) is 12.9. The van der Waals surface area contributed by atoms with Gasteiger partial charge in [-0.1, -0.05) is 18.2 Å². The maximum absolute atomic E-state index is 13.3. The van der Waals surface area contributed by atoms with Crippen molar-refractivity contribution in [2.45, 2.75) is 13.0 Å². The third-order valence-electron chi connectivity index (χ3n) is 4.60. The van der Waals surface area contributed by atoms with Crippen LogP contribution < -0.4 is 5.32 Å². The number of nitrogens with zero attached hydrogens (tertiary/aromatic N) is 1. The van der Waals surface area contributed by atoms with Crippen molar-refractivity contribution in [1.29, 1.82) is 0 Å². The molecule has 0 spiro atoms. The van der Waals surface area contributed by atoms with Crippen LogP contribution in [0.5, 0.6) is 5.75 Å². The lowest BCUT2D eigenvalue weighted by atomic mass is 10.0. The monoisotopic (exact) mass is 358 g/mol. The van der Waals surface area contributed by atoms with Crippen LogP contribution in [-0.4, -0.2) is 48.8 Å². The fraction of sp³-hybridized carbons (Fsp3) is 0.350. The molecule has 1 amide bonds. The summed E-state index contributed by atoms with van der Waals surface area (Å²) in [6.07, 6.45) is 0. The Labute approximate surface area is 152 Å². The largest absolute Gasteiger partial charge is 0.507 e. The van der Waals surface area contributed by atoms with E-state index in [-0.39, 0.29) is 29.1 Å². The summed E-state index contributed by atoms with van der Waals surface area (Å²) in [5.41, 5.74) is 2.06. The van der Waals surface area contributed by atoms with Crippen molar-refractivity contribution in [2.24, 2.45) is 0 Å². The van der Waals surface area contributed by atoms with Crippen LogP contribution in [0.1, 0.15) is 27.5 Å². The van der Waals surface area contributed by atoms with E-state index in [4.69, 9.17) is 4.74 Å². The fourth-order valence-electron chi connectivity index (χ4n) is 3.15. The van der Waals surface area contributed by atoms with Crippen LogP contribution in [0, 0.1) is 12.7 Å². The number of aromatic hydroxyl groups is 1. The number of morpholine rings is 1. The Hall–Kier alpha value is -2.44. The molecule has 6 heteroatoms. The van der Waals surface area contributed by atoms with Gasteiger partial charge in [-0.2, -0.15) is 0 Å². The maximum atomic E-state index is 13.3. The summed E-state index contributed by atoms with van der Waals surface area (Å²) in [5.74, 6) is -0.654. The van der Waals surface area contributed by atoms with Crippen molar-refractivity contribution in [3.63, 3.8) is 0 Å². The summed E-state index contributed by atoms with van der Waals surface area (Å²) in [4.78, 5) is 14.7. The van der Waals surface area contributed by atoms with E-state index in [0.29, 0.717) is 19.8 Å². The number of hydrogen-bond acceptors (Lipinski definition) is 4. The first-order chi connectivity index (χ1) is 12.5. The molecular formula is C20H23FN2O3. The first-order valence-corrected chi connectivity index (χ1v) is 8.69. The molecule has 2 aromatic carbocycles. The minimum absolute atomic E-state index is 0.0350. The first kappa shape index (κ1) is 18.4. The van der Waals surface area contributed by atoms with Crippen LogP contribution in [0.25, 0.3) is 0 Å². The Morgan fingerprint density at radius 1 is 1.23 bits per heavy atom. The number of phenols is 1. The summed E-state index contributed by atoms with van der Waals surface area (Å²) in [6, 6.07) is 11.2. The summed E-state index contributed by atoms with van der Waals surface area (Å²) >= 11 is 0. The zero-order valence-electron chi connectivity index (χ0n) is 14.7. The number of carbonyl (C=O) groups excluding carboxylic acids is 1. The average molecular weight is 358 g/mol. The molecule has 1 saturated heterocycles. The van der Waals surface area contributed by atoms with E-state index in [1.807, 2.05) is 6.92 Å². The quantitative estimate of drug-likeness (QED) is 0.863. The van der Waals surface area contributed by atoms with E-state index in [1.54, 1.807) is 30.3 Å². The van der Waals surface area contributed by atoms with Gasteiger partial charge in [0.1, 0.15) is 11.6 Å². The summed E-state index contributed by atoms with van der Waals surface area (Å²) < 4.78 is 18.7. The second-order valence-corrected chi connectivity index (χ2v) is 6.45. The topological polar surface area (TPSA) is 61.8 Å². The third kappa shape index (κ3) is 4.39. The number of rotatable bonds is 5. The molecule has 1 heterocycles. The maximum Gasteiger partial charge on any atom is 0.255 e. The van der Waals surface area contributed by atoms with E-state index in [1.165, 1.54) is 12.1 Å². The van der Waals surface area contributed by atoms with Crippen LogP contribution in [-0.2, 0) is 4.74 Å². The lowest BCUT2D eigenvalue weighted by Gasteiger charge is -2.35. The van der Waals surface area contributed by atoms with Gasteiger partial charge in [0.25, 0.3) is 5.91 Å². The predicted octanol–water partition coefficient (Wildman–Crippen LogP) is 2.64. The van der Waals surface area contributed by atoms with Gasteiger partial charge in [-0.25, -0.2) is 4.39 Å². The van der Waals surface area contributed by atoms with Gasteiger partial charge >= 0.3 is 0 Å². The van der Waals surface area contributed by atoms with Crippen LogP contribution in [0.2, 0.25) is 0 Å². The van der Waals surface area contributed by atoms with Gasteiger partial charge in [0.2, 0.25) is 0 Å². The fourth-order valence-corrected chi connectivity index (χ4v) is 3.15. The van der Waals surface area contributed by atoms with E-state index >= 15 is 0 Å². The smallest absolute Gasteiger partial charge is 0.255 e. The molecule has 2 aromatic rings. The lowest BCUT2D eigenvalue weighted by Crippen LogP contribution is -2.43. The highest BCUT2D eigenvalue weighted by atomic mass is 19.1. The Morgan fingerprint density at radius 2 is 1.92 bits per heavy atom. The number of phenolic OH excluding ortho intramolecular Hbond substituents is 1. The van der Waals surface area contributed by atoms with Crippen molar-refractivity contribution in [3.8, 4) is 5.75 Å². The minimum atomic E-state index is -0.331. The van der Waals surface area contributed by atoms with Crippen LogP contribution in [0.3, 0.4) is 0 Å². The number of nitrogens with one attached hydrogen (secondary N) is 1. The van der Waals surface area contributed by atoms with E-state index < -0.39 is 0 Å². The Balaban J connectivity index is 1.74. The molecule has 1 aliphatic heterocycles. The van der Waals surface area contributed by atoms with Crippen LogP contribution >= 0.6 is 0 Å². The summed E-state index contributed by atoms with van der Waals surface area (Å²) in [7, 11) is 0. The Morgan fingerprint density at radius 3 is 2.58 bits per heavy atom. The molecule has 138 valence electrons. The van der Waals surface area contributed by atoms with Crippen molar-refractivity contribution < 1.29 is 19.0 Å². The number of ether oxygens (including phenoxy) is 1. The zero-order chi connectivity index (χ0) is 18.5. The van der Waals surface area contributed by atoms with Crippen molar-refractivity contribution in [1.82, 2.24) is 10.2 Å². The van der Waals surface area contributed by atoms with Crippen molar-refractivity contribution >= 4 is 5.91 Å². The van der Waals surface area contributed by atoms with Gasteiger partial charge in [0.05, 0.1) is 24.8 Å². The number of amides is 1. The highest BCUT2D eigenvalue weighted by Gasteiger charge is 2.24. The van der Waals surface area contributed by atoms with E-state index in [9.17, 15) is 14.3 Å². The molecular weight excluding hydrogens is 335 g/mol. The van der Waals surface area contributed by atoms with E-state index in [0.717, 1.165) is 24.2 Å². The number of hydrogen-bond donors (Lipinski definition) is 2. The van der Waals surface area contributed by atoms with E-state index in [2.05, 4.69) is 10.2 Å². The van der Waals surface area contributed by atoms with Gasteiger partial charge in [0, 0.05) is 19.6 Å². The highest BCUT2D eigenvalue weighted by molar-refractivity contribution is 5.96. The molecule has 26 heavy (non-hydrogen) atoms. The SMILES string of the molecule is Cc1ccc(C(=O)NCC(c2ccc(F)cc2)N2CCOCC2)c(O)c1. The second kappa shape index (κ2) is 8.29. The highest BCUT2D eigenvalue weighted by Crippen LogP contribution is 2.23. The standard InChI is InChI=1S/C20H23FN2O3/c1-14-2-7-17(19(24)12-14)20(25)22-13-18(23-8-10-26-11-9-23)15-3-5-16(21)6-4-15/h2-7,12,18,24H,8-11,13H2,1H3,(H,22,25). The number of halogens is 1. The average Bonchev–Trinajstić information content (AvgIpc) is 2.64. The normalized spacial score (nSPS) is 16.2.